The standard InChI is InChI=1S/C16H21N3O3S/c1-23(21,22)18-10-9-15-4-2-3-11-19(15)16(20)14-7-5-13(12-17)6-8-14/h5-8,15,18H,2-4,9-11H2,1H3/t15-/m1/s1. The summed E-state index contributed by atoms with van der Waals surface area (Å²) in [4.78, 5) is 14.5. The zero-order valence-corrected chi connectivity index (χ0v) is 14.0. The van der Waals surface area contributed by atoms with Crippen LogP contribution in [-0.2, 0) is 10.0 Å². The Kier molecular flexibility index (Phi) is 5.74. The van der Waals surface area contributed by atoms with Crippen LogP contribution in [0.2, 0.25) is 0 Å². The largest absolute Gasteiger partial charge is 0.336 e. The van der Waals surface area contributed by atoms with Crippen molar-refractivity contribution < 1.29 is 13.2 Å². The molecule has 0 aliphatic carbocycles. The Morgan fingerprint density at radius 3 is 2.65 bits per heavy atom. The molecule has 0 unspecified atom stereocenters. The highest BCUT2D eigenvalue weighted by Gasteiger charge is 2.27. The minimum absolute atomic E-state index is 0.0427. The van der Waals surface area contributed by atoms with Crippen LogP contribution in [-0.4, -0.2) is 44.6 Å². The first-order chi connectivity index (χ1) is 10.9. The molecule has 23 heavy (non-hydrogen) atoms. The number of nitriles is 1. The molecule has 1 saturated heterocycles. The Bertz CT molecular complexity index is 692. The zero-order valence-electron chi connectivity index (χ0n) is 13.2. The molecule has 1 heterocycles. The molecule has 1 N–H and O–H groups in total. The highest BCUT2D eigenvalue weighted by atomic mass is 32.2. The van der Waals surface area contributed by atoms with E-state index in [9.17, 15) is 13.2 Å². The van der Waals surface area contributed by atoms with E-state index in [0.717, 1.165) is 25.5 Å². The van der Waals surface area contributed by atoms with Gasteiger partial charge in [0, 0.05) is 24.7 Å². The van der Waals surface area contributed by atoms with Gasteiger partial charge in [0.25, 0.3) is 5.91 Å². The fourth-order valence-corrected chi connectivity index (χ4v) is 3.32. The van der Waals surface area contributed by atoms with Crippen LogP contribution >= 0.6 is 0 Å². The maximum atomic E-state index is 12.7. The summed E-state index contributed by atoms with van der Waals surface area (Å²) in [5, 5.41) is 8.82. The number of hydrogen-bond acceptors (Lipinski definition) is 4. The number of piperidine rings is 1. The number of nitrogens with one attached hydrogen (secondary N) is 1. The van der Waals surface area contributed by atoms with Crippen molar-refractivity contribution >= 4 is 15.9 Å². The lowest BCUT2D eigenvalue weighted by Gasteiger charge is -2.36. The minimum atomic E-state index is -3.21. The summed E-state index contributed by atoms with van der Waals surface area (Å²) < 4.78 is 24.8. The smallest absolute Gasteiger partial charge is 0.254 e. The van der Waals surface area contributed by atoms with Crippen LogP contribution in [0.3, 0.4) is 0 Å². The third-order valence-corrected chi connectivity index (χ3v) is 4.72. The number of rotatable bonds is 5. The van der Waals surface area contributed by atoms with Gasteiger partial charge in [-0.25, -0.2) is 13.1 Å². The Hall–Kier alpha value is -1.91. The molecule has 2 rings (SSSR count). The molecule has 1 fully saturated rings. The van der Waals surface area contributed by atoms with Gasteiger partial charge in [0.05, 0.1) is 17.9 Å². The van der Waals surface area contributed by atoms with E-state index >= 15 is 0 Å². The Balaban J connectivity index is 2.04. The number of sulfonamides is 1. The maximum absolute atomic E-state index is 12.7. The Morgan fingerprint density at radius 2 is 2.04 bits per heavy atom. The molecule has 1 aromatic carbocycles. The van der Waals surface area contributed by atoms with Gasteiger partial charge in [-0.2, -0.15) is 5.26 Å². The van der Waals surface area contributed by atoms with Crippen molar-refractivity contribution in [2.45, 2.75) is 31.7 Å². The van der Waals surface area contributed by atoms with Gasteiger partial charge in [0.2, 0.25) is 10.0 Å². The lowest BCUT2D eigenvalue weighted by atomic mass is 9.98. The predicted octanol–water partition coefficient (Wildman–Crippen LogP) is 1.49. The lowest BCUT2D eigenvalue weighted by Crippen LogP contribution is -2.45. The minimum Gasteiger partial charge on any atom is -0.336 e. The first kappa shape index (κ1) is 17.4. The van der Waals surface area contributed by atoms with Crippen molar-refractivity contribution in [3.05, 3.63) is 35.4 Å². The molecule has 1 aliphatic heterocycles. The van der Waals surface area contributed by atoms with Crippen LogP contribution < -0.4 is 4.72 Å². The van der Waals surface area contributed by atoms with E-state index in [0.29, 0.717) is 30.6 Å². The predicted molar refractivity (Wildman–Crippen MR) is 87.3 cm³/mol. The third-order valence-electron chi connectivity index (χ3n) is 3.99. The zero-order chi connectivity index (χ0) is 16.9. The Morgan fingerprint density at radius 1 is 1.35 bits per heavy atom. The highest BCUT2D eigenvalue weighted by molar-refractivity contribution is 7.88. The van der Waals surface area contributed by atoms with Gasteiger partial charge >= 0.3 is 0 Å². The van der Waals surface area contributed by atoms with Crippen LogP contribution in [0.15, 0.2) is 24.3 Å². The molecule has 0 aromatic heterocycles. The number of likely N-dealkylation sites (tertiary alicyclic amines) is 1. The number of carbonyl (C=O) groups excluding carboxylic acids is 1. The summed E-state index contributed by atoms with van der Waals surface area (Å²) in [7, 11) is -3.21. The van der Waals surface area contributed by atoms with Crippen LogP contribution in [0.1, 0.15) is 41.6 Å². The number of carbonyl (C=O) groups is 1. The molecule has 1 aliphatic rings. The lowest BCUT2D eigenvalue weighted by molar-refractivity contribution is 0.0604. The molecule has 1 amide bonds. The molecule has 0 saturated carbocycles. The van der Waals surface area contributed by atoms with E-state index in [1.54, 1.807) is 24.3 Å². The SMILES string of the molecule is CS(=O)(=O)NCC[C@H]1CCCCN1C(=O)c1ccc(C#N)cc1. The maximum Gasteiger partial charge on any atom is 0.254 e. The second-order valence-corrected chi connectivity index (χ2v) is 7.63. The first-order valence-corrected chi connectivity index (χ1v) is 9.55. The summed E-state index contributed by atoms with van der Waals surface area (Å²) in [6, 6.07) is 8.68. The van der Waals surface area contributed by atoms with E-state index < -0.39 is 10.0 Å². The molecule has 0 bridgehead atoms. The van der Waals surface area contributed by atoms with E-state index in [-0.39, 0.29) is 11.9 Å². The van der Waals surface area contributed by atoms with E-state index in [1.165, 1.54) is 0 Å². The average molecular weight is 335 g/mol. The van der Waals surface area contributed by atoms with Gasteiger partial charge in [-0.15, -0.1) is 0 Å². The molecule has 0 spiro atoms. The second-order valence-electron chi connectivity index (χ2n) is 5.79. The first-order valence-electron chi connectivity index (χ1n) is 7.66. The summed E-state index contributed by atoms with van der Waals surface area (Å²) in [6.45, 7) is 1.02. The molecule has 1 atom stereocenters. The second kappa shape index (κ2) is 7.57. The van der Waals surface area contributed by atoms with Gasteiger partial charge in [0.1, 0.15) is 0 Å². The molecule has 1 aromatic rings. The van der Waals surface area contributed by atoms with Gasteiger partial charge in [-0.3, -0.25) is 4.79 Å². The van der Waals surface area contributed by atoms with Crippen molar-refractivity contribution in [2.75, 3.05) is 19.3 Å². The summed E-state index contributed by atoms with van der Waals surface area (Å²) in [6.07, 6.45) is 4.62. The summed E-state index contributed by atoms with van der Waals surface area (Å²) in [5.41, 5.74) is 1.08. The van der Waals surface area contributed by atoms with E-state index in [4.69, 9.17) is 5.26 Å². The van der Waals surface area contributed by atoms with Crippen molar-refractivity contribution in [3.8, 4) is 6.07 Å². The average Bonchev–Trinajstić information content (AvgIpc) is 2.53. The van der Waals surface area contributed by atoms with Crippen LogP contribution in [0.5, 0.6) is 0 Å². The summed E-state index contributed by atoms with van der Waals surface area (Å²) in [5.74, 6) is -0.0569. The van der Waals surface area contributed by atoms with Gasteiger partial charge in [-0.1, -0.05) is 0 Å². The van der Waals surface area contributed by atoms with Crippen molar-refractivity contribution in [2.24, 2.45) is 0 Å². The highest BCUT2D eigenvalue weighted by Crippen LogP contribution is 2.22. The molecule has 0 radical (unpaired) electrons. The van der Waals surface area contributed by atoms with Crippen molar-refractivity contribution in [3.63, 3.8) is 0 Å². The van der Waals surface area contributed by atoms with Gasteiger partial charge in [-0.05, 0) is 49.9 Å². The Labute approximate surface area is 137 Å². The van der Waals surface area contributed by atoms with Crippen LogP contribution in [0.4, 0.5) is 0 Å². The molecule has 6 nitrogen and oxygen atoms in total. The van der Waals surface area contributed by atoms with Gasteiger partial charge < -0.3 is 4.90 Å². The van der Waals surface area contributed by atoms with Crippen LogP contribution in [0.25, 0.3) is 0 Å². The third kappa shape index (κ3) is 5.05. The van der Waals surface area contributed by atoms with E-state index in [2.05, 4.69) is 4.72 Å². The van der Waals surface area contributed by atoms with Gasteiger partial charge in [0.15, 0.2) is 0 Å². The van der Waals surface area contributed by atoms with Crippen molar-refractivity contribution in [1.82, 2.24) is 9.62 Å². The topological polar surface area (TPSA) is 90.3 Å². The van der Waals surface area contributed by atoms with E-state index in [1.807, 2.05) is 11.0 Å². The number of amides is 1. The van der Waals surface area contributed by atoms with Crippen LogP contribution in [0, 0.1) is 11.3 Å². The monoisotopic (exact) mass is 335 g/mol. The number of hydrogen-bond donors (Lipinski definition) is 1. The molecular weight excluding hydrogens is 314 g/mol. The summed E-state index contributed by atoms with van der Waals surface area (Å²) >= 11 is 0. The van der Waals surface area contributed by atoms with Crippen molar-refractivity contribution in [1.29, 1.82) is 5.26 Å². The number of nitrogens with zero attached hydrogens (tertiary/aromatic N) is 2. The molecular formula is C16H21N3O3S. The fourth-order valence-electron chi connectivity index (χ4n) is 2.83. The normalized spacial score (nSPS) is 18.4. The molecule has 7 heteroatoms. The fraction of sp³-hybridized carbons (Fsp3) is 0.500. The quantitative estimate of drug-likeness (QED) is 0.883. The molecule has 124 valence electrons. The number of benzene rings is 1.